The second-order valence-electron chi connectivity index (χ2n) is 8.22. The van der Waals surface area contributed by atoms with Crippen LogP contribution in [0.2, 0.25) is 0 Å². The summed E-state index contributed by atoms with van der Waals surface area (Å²) in [6, 6.07) is 14.6. The number of methoxy groups -OCH3 is 2. The molecule has 0 radical (unpaired) electrons. The van der Waals surface area contributed by atoms with Crippen molar-refractivity contribution in [2.75, 3.05) is 34.4 Å². The van der Waals surface area contributed by atoms with Gasteiger partial charge >= 0.3 is 0 Å². The average molecular weight is 553 g/mol. The van der Waals surface area contributed by atoms with Crippen molar-refractivity contribution < 1.29 is 9.47 Å². The van der Waals surface area contributed by atoms with Crippen LogP contribution in [0.25, 0.3) is 0 Å². The van der Waals surface area contributed by atoms with E-state index >= 15 is 0 Å². The molecule has 2 N–H and O–H groups in total. The Morgan fingerprint density at radius 3 is 2.44 bits per heavy atom. The smallest absolute Gasteiger partial charge is 0.191 e. The van der Waals surface area contributed by atoms with Crippen molar-refractivity contribution in [2.45, 2.75) is 39.4 Å². The van der Waals surface area contributed by atoms with Crippen LogP contribution in [0.5, 0.6) is 11.5 Å². The molecule has 1 atom stereocenters. The molecular weight excluding hydrogens is 515 g/mol. The molecule has 0 saturated carbocycles. The van der Waals surface area contributed by atoms with Crippen molar-refractivity contribution in [2.24, 2.45) is 10.9 Å². The number of nitrogens with one attached hydrogen (secondary N) is 2. The molecule has 0 amide bonds. The van der Waals surface area contributed by atoms with E-state index in [1.807, 2.05) is 18.2 Å². The van der Waals surface area contributed by atoms with Gasteiger partial charge in [0, 0.05) is 33.2 Å². The second kappa shape index (κ2) is 13.5. The molecule has 1 fully saturated rings. The Labute approximate surface area is 209 Å². The number of guanidine groups is 1. The van der Waals surface area contributed by atoms with Gasteiger partial charge in [0.15, 0.2) is 17.5 Å². The summed E-state index contributed by atoms with van der Waals surface area (Å²) in [6.45, 7) is 7.14. The fourth-order valence-electron chi connectivity index (χ4n) is 4.13. The molecule has 32 heavy (non-hydrogen) atoms. The maximum atomic E-state index is 5.39. The van der Waals surface area contributed by atoms with Crippen LogP contribution in [0.1, 0.15) is 36.5 Å². The number of ether oxygens (including phenoxy) is 2. The van der Waals surface area contributed by atoms with Crippen molar-refractivity contribution in [3.05, 3.63) is 59.2 Å². The van der Waals surface area contributed by atoms with Crippen molar-refractivity contribution in [1.82, 2.24) is 15.5 Å². The van der Waals surface area contributed by atoms with Crippen LogP contribution in [-0.4, -0.2) is 45.2 Å². The van der Waals surface area contributed by atoms with E-state index < -0.39 is 0 Å². The van der Waals surface area contributed by atoms with Crippen LogP contribution in [0, 0.1) is 5.92 Å². The Morgan fingerprint density at radius 1 is 1.03 bits per heavy atom. The number of benzene rings is 2. The summed E-state index contributed by atoms with van der Waals surface area (Å²) < 4.78 is 10.7. The van der Waals surface area contributed by atoms with Crippen molar-refractivity contribution in [1.29, 1.82) is 0 Å². The van der Waals surface area contributed by atoms with E-state index in [9.17, 15) is 0 Å². The van der Waals surface area contributed by atoms with Gasteiger partial charge in [0.25, 0.3) is 0 Å². The van der Waals surface area contributed by atoms with Gasteiger partial charge in [0.05, 0.1) is 14.2 Å². The molecule has 1 aliphatic rings. The molecule has 1 saturated heterocycles. The molecule has 176 valence electrons. The maximum Gasteiger partial charge on any atom is 0.191 e. The summed E-state index contributed by atoms with van der Waals surface area (Å²) in [5.74, 6) is 3.02. The largest absolute Gasteiger partial charge is 0.493 e. The minimum atomic E-state index is 0. The van der Waals surface area contributed by atoms with Gasteiger partial charge in [0.2, 0.25) is 0 Å². The maximum absolute atomic E-state index is 5.39. The van der Waals surface area contributed by atoms with Crippen LogP contribution >= 0.6 is 24.0 Å². The van der Waals surface area contributed by atoms with E-state index in [1.54, 1.807) is 21.3 Å². The topological polar surface area (TPSA) is 58.1 Å². The Morgan fingerprint density at radius 2 is 1.75 bits per heavy atom. The monoisotopic (exact) mass is 552 g/mol. The zero-order valence-electron chi connectivity index (χ0n) is 19.7. The quantitative estimate of drug-likeness (QED) is 0.289. The molecular formula is C25H37IN4O2. The van der Waals surface area contributed by atoms with Crippen LogP contribution in [0.4, 0.5) is 0 Å². The third-order valence-electron chi connectivity index (χ3n) is 5.83. The Kier molecular flexibility index (Phi) is 11.1. The van der Waals surface area contributed by atoms with Gasteiger partial charge in [-0.25, -0.2) is 0 Å². The predicted octanol–water partition coefficient (Wildman–Crippen LogP) is 4.42. The number of hydrogen-bond acceptors (Lipinski definition) is 4. The number of nitrogens with zero attached hydrogens (tertiary/aromatic N) is 2. The van der Waals surface area contributed by atoms with Crippen LogP contribution in [-0.2, 0) is 19.6 Å². The Bertz CT molecular complexity index is 875. The fraction of sp³-hybridized carbons (Fsp3) is 0.480. The van der Waals surface area contributed by atoms with Crippen LogP contribution in [0.15, 0.2) is 47.5 Å². The number of rotatable bonds is 8. The lowest BCUT2D eigenvalue weighted by Gasteiger charge is -2.31. The molecule has 0 bridgehead atoms. The first-order valence-electron chi connectivity index (χ1n) is 11.1. The normalized spacial score (nSPS) is 16.8. The number of piperidine rings is 1. The zero-order chi connectivity index (χ0) is 22.1. The molecule has 0 aliphatic carbocycles. The molecule has 2 aromatic rings. The van der Waals surface area contributed by atoms with E-state index in [-0.39, 0.29) is 24.0 Å². The second-order valence-corrected chi connectivity index (χ2v) is 8.22. The lowest BCUT2D eigenvalue weighted by molar-refractivity contribution is 0.176. The highest BCUT2D eigenvalue weighted by Gasteiger charge is 2.17. The van der Waals surface area contributed by atoms with Gasteiger partial charge in [0.1, 0.15) is 0 Å². The highest BCUT2D eigenvalue weighted by molar-refractivity contribution is 14.0. The molecule has 7 heteroatoms. The summed E-state index contributed by atoms with van der Waals surface area (Å²) in [4.78, 5) is 6.96. The van der Waals surface area contributed by atoms with Crippen molar-refractivity contribution >= 4 is 29.9 Å². The summed E-state index contributed by atoms with van der Waals surface area (Å²) >= 11 is 0. The van der Waals surface area contributed by atoms with Gasteiger partial charge < -0.3 is 20.1 Å². The number of aliphatic imine (C=N–C) groups is 1. The lowest BCUT2D eigenvalue weighted by Crippen LogP contribution is -2.37. The van der Waals surface area contributed by atoms with Gasteiger partial charge in [-0.3, -0.25) is 9.89 Å². The first-order chi connectivity index (χ1) is 15.1. The van der Waals surface area contributed by atoms with E-state index in [4.69, 9.17) is 9.47 Å². The van der Waals surface area contributed by atoms with Gasteiger partial charge in [-0.05, 0) is 54.1 Å². The molecule has 0 aromatic heterocycles. The van der Waals surface area contributed by atoms with E-state index in [0.717, 1.165) is 42.0 Å². The molecule has 3 rings (SSSR count). The van der Waals surface area contributed by atoms with Crippen molar-refractivity contribution in [3.8, 4) is 11.5 Å². The Hall–Kier alpha value is -2.00. The van der Waals surface area contributed by atoms with Gasteiger partial charge in [-0.2, -0.15) is 0 Å². The summed E-state index contributed by atoms with van der Waals surface area (Å²) in [7, 11) is 5.09. The van der Waals surface area contributed by atoms with E-state index in [0.29, 0.717) is 6.54 Å². The highest BCUT2D eigenvalue weighted by atomic mass is 127. The third-order valence-corrected chi connectivity index (χ3v) is 5.83. The first-order valence-corrected chi connectivity index (χ1v) is 11.1. The van der Waals surface area contributed by atoms with Crippen molar-refractivity contribution in [3.63, 3.8) is 0 Å². The molecule has 1 unspecified atom stereocenters. The average Bonchev–Trinajstić information content (AvgIpc) is 2.80. The van der Waals surface area contributed by atoms with E-state index in [2.05, 4.69) is 51.7 Å². The van der Waals surface area contributed by atoms with Crippen LogP contribution in [0.3, 0.4) is 0 Å². The van der Waals surface area contributed by atoms with Gasteiger partial charge in [-0.15, -0.1) is 24.0 Å². The van der Waals surface area contributed by atoms with Gasteiger partial charge in [-0.1, -0.05) is 37.3 Å². The Balaban J connectivity index is 0.00000363. The number of hydrogen-bond donors (Lipinski definition) is 2. The lowest BCUT2D eigenvalue weighted by atomic mass is 9.99. The van der Waals surface area contributed by atoms with E-state index in [1.165, 1.54) is 37.1 Å². The minimum Gasteiger partial charge on any atom is -0.493 e. The summed E-state index contributed by atoms with van der Waals surface area (Å²) in [5.41, 5.74) is 3.80. The molecule has 6 nitrogen and oxygen atoms in total. The fourth-order valence-corrected chi connectivity index (χ4v) is 4.13. The zero-order valence-corrected chi connectivity index (χ0v) is 22.0. The number of halogens is 1. The first kappa shape index (κ1) is 26.3. The predicted molar refractivity (Wildman–Crippen MR) is 142 cm³/mol. The molecule has 1 heterocycles. The molecule has 2 aromatic carbocycles. The minimum absolute atomic E-state index is 0. The molecule has 0 spiro atoms. The number of likely N-dealkylation sites (tertiary alicyclic amines) is 1. The standard InChI is InChI=1S/C25H36N4O2.HI/c1-19-8-7-13-29(17-19)18-22-10-6-5-9-21(22)16-28-25(26-2)27-15-20-11-12-23(30-3)24(14-20)31-4;/h5-6,9-12,14,19H,7-8,13,15-18H2,1-4H3,(H2,26,27,28);1H. The third kappa shape index (κ3) is 7.55. The van der Waals surface area contributed by atoms with Crippen LogP contribution < -0.4 is 20.1 Å². The summed E-state index contributed by atoms with van der Waals surface area (Å²) in [5, 5.41) is 6.84. The summed E-state index contributed by atoms with van der Waals surface area (Å²) in [6.07, 6.45) is 2.65. The highest BCUT2D eigenvalue weighted by Crippen LogP contribution is 2.27. The SMILES string of the molecule is CN=C(NCc1ccc(OC)c(OC)c1)NCc1ccccc1CN1CCCC(C)C1.I. The molecule has 1 aliphatic heterocycles.